The third-order valence-corrected chi connectivity index (χ3v) is 2.70. The molecule has 1 unspecified atom stereocenters. The summed E-state index contributed by atoms with van der Waals surface area (Å²) in [6.07, 6.45) is 1.31. The van der Waals surface area contributed by atoms with Crippen LogP contribution >= 0.6 is 0 Å². The second kappa shape index (κ2) is 4.40. The average Bonchev–Trinajstić information content (AvgIpc) is 2.95. The molecule has 0 aromatic carbocycles. The number of methoxy groups -OCH3 is 1. The fraction of sp³-hybridized carbons (Fsp3) is 0.556. The molecule has 17 heavy (non-hydrogen) atoms. The van der Waals surface area contributed by atoms with E-state index >= 15 is 0 Å². The van der Waals surface area contributed by atoms with Crippen LogP contribution in [0.3, 0.4) is 0 Å². The molecule has 2 rings (SSSR count). The minimum Gasteiger partial charge on any atom is -0.467 e. The molecule has 0 radical (unpaired) electrons. The molecule has 1 saturated heterocycles. The van der Waals surface area contributed by atoms with Gasteiger partial charge in [-0.05, 0) is 23.2 Å². The van der Waals surface area contributed by atoms with Crippen LogP contribution in [0, 0.1) is 0 Å². The van der Waals surface area contributed by atoms with Gasteiger partial charge in [0.15, 0.2) is 0 Å². The average molecular weight is 240 g/mol. The summed E-state index contributed by atoms with van der Waals surface area (Å²) in [4.78, 5) is 24.9. The summed E-state index contributed by atoms with van der Waals surface area (Å²) in [6, 6.07) is -0.580. The predicted octanol–water partition coefficient (Wildman–Crippen LogP) is -0.571. The van der Waals surface area contributed by atoms with Crippen molar-refractivity contribution in [2.45, 2.75) is 18.9 Å². The number of nitrogen functional groups attached to an aromatic ring is 1. The molecule has 1 aliphatic heterocycles. The van der Waals surface area contributed by atoms with E-state index in [2.05, 4.69) is 19.7 Å². The topological polar surface area (TPSA) is 112 Å². The molecule has 1 atom stereocenters. The van der Waals surface area contributed by atoms with Crippen LogP contribution in [0.5, 0.6) is 0 Å². The Morgan fingerprint density at radius 3 is 2.88 bits per heavy atom. The molecule has 0 saturated carbocycles. The van der Waals surface area contributed by atoms with Crippen molar-refractivity contribution in [3.8, 4) is 0 Å². The van der Waals surface area contributed by atoms with Crippen LogP contribution in [0.4, 0.5) is 5.82 Å². The van der Waals surface area contributed by atoms with Gasteiger partial charge in [0.1, 0.15) is 6.04 Å². The number of hydrogen-bond donors (Lipinski definition) is 1. The van der Waals surface area contributed by atoms with E-state index in [9.17, 15) is 9.59 Å². The normalized spacial score (nSPS) is 19.4. The first-order valence-electron chi connectivity index (χ1n) is 5.12. The van der Waals surface area contributed by atoms with Crippen molar-refractivity contribution < 1.29 is 19.0 Å². The molecular formula is C9H12N4O4. The van der Waals surface area contributed by atoms with Crippen molar-refractivity contribution in [3.63, 3.8) is 0 Å². The Labute approximate surface area is 96.7 Å². The molecule has 8 nitrogen and oxygen atoms in total. The number of hydrogen-bond acceptors (Lipinski definition) is 7. The lowest BCUT2D eigenvalue weighted by Crippen LogP contribution is -2.41. The third-order valence-electron chi connectivity index (χ3n) is 2.70. The lowest BCUT2D eigenvalue weighted by atomic mass is 10.2. The van der Waals surface area contributed by atoms with Crippen LogP contribution in [0.2, 0.25) is 0 Å². The number of carbonyl (C=O) groups excluding carboxylic acids is 2. The van der Waals surface area contributed by atoms with Crippen molar-refractivity contribution in [1.29, 1.82) is 0 Å². The minimum atomic E-state index is -0.580. The molecule has 1 aromatic heterocycles. The Morgan fingerprint density at radius 2 is 2.29 bits per heavy atom. The van der Waals surface area contributed by atoms with Crippen molar-refractivity contribution in [2.75, 3.05) is 19.4 Å². The van der Waals surface area contributed by atoms with E-state index in [0.717, 1.165) is 6.42 Å². The highest BCUT2D eigenvalue weighted by molar-refractivity contribution is 5.98. The van der Waals surface area contributed by atoms with Gasteiger partial charge in [0.05, 0.1) is 7.11 Å². The largest absolute Gasteiger partial charge is 0.467 e. The van der Waals surface area contributed by atoms with Crippen LogP contribution in [-0.4, -0.2) is 46.8 Å². The van der Waals surface area contributed by atoms with Gasteiger partial charge in [0, 0.05) is 6.54 Å². The summed E-state index contributed by atoms with van der Waals surface area (Å²) in [5.74, 6) is -0.979. The first-order valence-corrected chi connectivity index (χ1v) is 5.12. The number of carbonyl (C=O) groups is 2. The summed E-state index contributed by atoms with van der Waals surface area (Å²) in [6.45, 7) is 0.463. The maximum absolute atomic E-state index is 12.0. The first kappa shape index (κ1) is 11.4. The van der Waals surface area contributed by atoms with Gasteiger partial charge in [-0.25, -0.2) is 9.42 Å². The highest BCUT2D eigenvalue weighted by Crippen LogP contribution is 2.21. The van der Waals surface area contributed by atoms with Crippen molar-refractivity contribution in [2.24, 2.45) is 0 Å². The van der Waals surface area contributed by atoms with E-state index in [0.29, 0.717) is 13.0 Å². The molecule has 2 heterocycles. The minimum absolute atomic E-state index is 0.0687. The molecule has 1 aliphatic rings. The number of anilines is 1. The number of esters is 1. The van der Waals surface area contributed by atoms with Crippen LogP contribution in [0.1, 0.15) is 23.3 Å². The zero-order valence-electron chi connectivity index (χ0n) is 9.25. The van der Waals surface area contributed by atoms with E-state index < -0.39 is 17.9 Å². The Hall–Kier alpha value is -2.12. The summed E-state index contributed by atoms with van der Waals surface area (Å²) < 4.78 is 9.00. The number of amides is 1. The van der Waals surface area contributed by atoms with Crippen LogP contribution in [-0.2, 0) is 9.53 Å². The summed E-state index contributed by atoms with van der Waals surface area (Å²) in [5.41, 5.74) is 5.36. The van der Waals surface area contributed by atoms with Gasteiger partial charge >= 0.3 is 5.97 Å². The fourth-order valence-electron chi connectivity index (χ4n) is 1.87. The van der Waals surface area contributed by atoms with Crippen LogP contribution in [0.15, 0.2) is 4.63 Å². The van der Waals surface area contributed by atoms with Gasteiger partial charge in [-0.3, -0.25) is 4.79 Å². The number of nitrogens with zero attached hydrogens (tertiary/aromatic N) is 3. The summed E-state index contributed by atoms with van der Waals surface area (Å²) >= 11 is 0. The number of ether oxygens (including phenoxy) is 1. The molecule has 0 bridgehead atoms. The highest BCUT2D eigenvalue weighted by atomic mass is 16.6. The molecule has 1 amide bonds. The van der Waals surface area contributed by atoms with Crippen LogP contribution < -0.4 is 5.73 Å². The summed E-state index contributed by atoms with van der Waals surface area (Å²) in [7, 11) is 1.29. The maximum Gasteiger partial charge on any atom is 0.328 e. The lowest BCUT2D eigenvalue weighted by molar-refractivity contribution is -0.145. The Bertz CT molecular complexity index is 444. The monoisotopic (exact) mass is 240 g/mol. The Morgan fingerprint density at radius 1 is 1.53 bits per heavy atom. The molecule has 1 fully saturated rings. The molecule has 1 aromatic rings. The summed E-state index contributed by atoms with van der Waals surface area (Å²) in [5, 5.41) is 6.75. The Kier molecular flexibility index (Phi) is 2.94. The van der Waals surface area contributed by atoms with E-state index in [-0.39, 0.29) is 11.5 Å². The van der Waals surface area contributed by atoms with Gasteiger partial charge < -0.3 is 15.4 Å². The van der Waals surface area contributed by atoms with Gasteiger partial charge in [0.2, 0.25) is 11.5 Å². The maximum atomic E-state index is 12.0. The molecular weight excluding hydrogens is 228 g/mol. The molecule has 0 spiro atoms. The van der Waals surface area contributed by atoms with Gasteiger partial charge in [-0.2, -0.15) is 0 Å². The van der Waals surface area contributed by atoms with E-state index in [1.165, 1.54) is 12.0 Å². The number of likely N-dealkylation sites (tertiary alicyclic amines) is 1. The lowest BCUT2D eigenvalue weighted by Gasteiger charge is -2.21. The van der Waals surface area contributed by atoms with Crippen molar-refractivity contribution in [3.05, 3.63) is 5.69 Å². The second-order valence-electron chi connectivity index (χ2n) is 3.68. The molecule has 8 heteroatoms. The number of rotatable bonds is 2. The van der Waals surface area contributed by atoms with E-state index in [4.69, 9.17) is 5.73 Å². The first-order chi connectivity index (χ1) is 8.15. The predicted molar refractivity (Wildman–Crippen MR) is 54.8 cm³/mol. The smallest absolute Gasteiger partial charge is 0.328 e. The molecule has 2 N–H and O–H groups in total. The van der Waals surface area contributed by atoms with Gasteiger partial charge in [-0.15, -0.1) is 0 Å². The van der Waals surface area contributed by atoms with Gasteiger partial charge in [-0.1, -0.05) is 0 Å². The van der Waals surface area contributed by atoms with Crippen molar-refractivity contribution in [1.82, 2.24) is 15.2 Å². The zero-order valence-corrected chi connectivity index (χ0v) is 9.25. The number of aromatic nitrogens is 2. The van der Waals surface area contributed by atoms with Crippen LogP contribution in [0.25, 0.3) is 0 Å². The Balaban J connectivity index is 2.19. The van der Waals surface area contributed by atoms with Crippen molar-refractivity contribution >= 4 is 17.7 Å². The molecule has 0 aliphatic carbocycles. The van der Waals surface area contributed by atoms with E-state index in [1.54, 1.807) is 0 Å². The highest BCUT2D eigenvalue weighted by Gasteiger charge is 2.37. The second-order valence-corrected chi connectivity index (χ2v) is 3.68. The standard InChI is InChI=1S/C9H12N4O4/c1-16-9(15)5-3-2-4-13(5)8(14)6-7(10)12-17-11-6/h5H,2-4H2,1H3,(H2,10,12). The van der Waals surface area contributed by atoms with Gasteiger partial charge in [0.25, 0.3) is 5.91 Å². The fourth-order valence-corrected chi connectivity index (χ4v) is 1.87. The zero-order chi connectivity index (χ0) is 12.4. The SMILES string of the molecule is COC(=O)C1CCCN1C(=O)c1nonc1N. The third kappa shape index (κ3) is 1.93. The number of nitrogens with two attached hydrogens (primary N) is 1. The quantitative estimate of drug-likeness (QED) is 0.689. The van der Waals surface area contributed by atoms with E-state index in [1.807, 2.05) is 0 Å². The molecule has 92 valence electrons.